The van der Waals surface area contributed by atoms with Crippen LogP contribution in [0.3, 0.4) is 0 Å². The zero-order chi connectivity index (χ0) is 12.8. The van der Waals surface area contributed by atoms with Crippen LogP contribution in [0.2, 0.25) is 5.02 Å². The fraction of sp³-hybridized carbons (Fsp3) is 0.364. The minimum Gasteiger partial charge on any atom is -0.378 e. The van der Waals surface area contributed by atoms with Gasteiger partial charge in [0, 0.05) is 18.1 Å². The van der Waals surface area contributed by atoms with Crippen LogP contribution in [0.15, 0.2) is 29.3 Å². The molecule has 0 unspecified atom stereocenters. The molecular formula is C11H15ClN4O2. The summed E-state index contributed by atoms with van der Waals surface area (Å²) in [6.45, 7) is 2.71. The summed E-state index contributed by atoms with van der Waals surface area (Å²) < 4.78 is 5.27. The number of hydrazine groups is 1. The second-order valence-electron chi connectivity index (χ2n) is 3.75. The van der Waals surface area contributed by atoms with Crippen molar-refractivity contribution in [1.82, 2.24) is 15.9 Å². The van der Waals surface area contributed by atoms with Crippen molar-refractivity contribution in [2.45, 2.75) is 0 Å². The Kier molecular flexibility index (Phi) is 4.77. The van der Waals surface area contributed by atoms with Gasteiger partial charge in [-0.3, -0.25) is 10.6 Å². The van der Waals surface area contributed by atoms with Crippen LogP contribution in [-0.4, -0.2) is 42.4 Å². The average Bonchev–Trinajstić information content (AvgIpc) is 2.39. The van der Waals surface area contributed by atoms with Gasteiger partial charge in [0.2, 0.25) is 5.96 Å². The third-order valence-corrected chi connectivity index (χ3v) is 2.76. The fourth-order valence-electron chi connectivity index (χ4n) is 1.67. The molecule has 2 rings (SSSR count). The van der Waals surface area contributed by atoms with Gasteiger partial charge in [0.1, 0.15) is 0 Å². The Morgan fingerprint density at radius 1 is 1.39 bits per heavy atom. The number of nitrogens with one attached hydrogen (secondary N) is 2. The van der Waals surface area contributed by atoms with Gasteiger partial charge in [0.15, 0.2) is 0 Å². The van der Waals surface area contributed by atoms with Crippen molar-refractivity contribution in [3.63, 3.8) is 0 Å². The Hall–Kier alpha value is -1.34. The molecule has 0 spiro atoms. The molecule has 0 saturated carbocycles. The quantitative estimate of drug-likeness (QED) is 0.427. The first-order valence-electron chi connectivity index (χ1n) is 5.61. The number of aliphatic imine (C=N–C) groups is 1. The van der Waals surface area contributed by atoms with Gasteiger partial charge in [-0.1, -0.05) is 17.7 Å². The summed E-state index contributed by atoms with van der Waals surface area (Å²) in [7, 11) is 0. The van der Waals surface area contributed by atoms with Crippen molar-refractivity contribution in [2.75, 3.05) is 26.3 Å². The third kappa shape index (κ3) is 3.58. The van der Waals surface area contributed by atoms with Crippen molar-refractivity contribution < 1.29 is 9.94 Å². The van der Waals surface area contributed by atoms with Crippen LogP contribution in [0.25, 0.3) is 0 Å². The first-order valence-corrected chi connectivity index (χ1v) is 5.99. The van der Waals surface area contributed by atoms with E-state index >= 15 is 0 Å². The molecule has 1 fully saturated rings. The van der Waals surface area contributed by atoms with Crippen molar-refractivity contribution >= 4 is 23.2 Å². The van der Waals surface area contributed by atoms with Crippen LogP contribution in [0.4, 0.5) is 5.69 Å². The molecule has 0 atom stereocenters. The maximum atomic E-state index is 8.77. The number of guanidine groups is 1. The Morgan fingerprint density at radius 2 is 2.17 bits per heavy atom. The van der Waals surface area contributed by atoms with Crippen LogP contribution in [-0.2, 0) is 4.74 Å². The monoisotopic (exact) mass is 270 g/mol. The number of hydrogen-bond acceptors (Lipinski definition) is 4. The molecule has 1 aromatic rings. The lowest BCUT2D eigenvalue weighted by molar-refractivity contribution is 0.0620. The van der Waals surface area contributed by atoms with Gasteiger partial charge in [-0.15, -0.1) is 5.59 Å². The summed E-state index contributed by atoms with van der Waals surface area (Å²) in [4.78, 5) is 6.38. The van der Waals surface area contributed by atoms with Crippen LogP contribution >= 0.6 is 11.6 Å². The van der Waals surface area contributed by atoms with Gasteiger partial charge in [-0.2, -0.15) is 0 Å². The Bertz CT molecular complexity index is 421. The third-order valence-electron chi connectivity index (χ3n) is 2.52. The summed E-state index contributed by atoms with van der Waals surface area (Å²) in [6, 6.07) is 7.20. The minimum absolute atomic E-state index is 0.531. The number of morpholine rings is 1. The maximum Gasteiger partial charge on any atom is 0.215 e. The maximum absolute atomic E-state index is 8.77. The van der Waals surface area contributed by atoms with Crippen molar-refractivity contribution in [3.05, 3.63) is 29.3 Å². The highest BCUT2D eigenvalue weighted by atomic mass is 35.5. The fourth-order valence-corrected chi connectivity index (χ4v) is 1.86. The predicted molar refractivity (Wildman–Crippen MR) is 69.0 cm³/mol. The van der Waals surface area contributed by atoms with E-state index in [0.29, 0.717) is 43.0 Å². The van der Waals surface area contributed by atoms with E-state index in [1.165, 1.54) is 0 Å². The molecule has 1 aliphatic heterocycles. The normalized spacial score (nSPS) is 16.8. The standard InChI is InChI=1S/C11H15ClN4O2/c12-9-2-1-3-10(8-9)13-11(14-15-17)16-4-6-18-7-5-16/h1-3,8,15,17H,4-7H2,(H,13,14). The van der Waals surface area contributed by atoms with Gasteiger partial charge in [0.05, 0.1) is 18.9 Å². The molecule has 7 heteroatoms. The van der Waals surface area contributed by atoms with Crippen LogP contribution in [0.5, 0.6) is 0 Å². The van der Waals surface area contributed by atoms with E-state index in [-0.39, 0.29) is 0 Å². The molecule has 1 saturated heterocycles. The molecule has 0 aromatic heterocycles. The van der Waals surface area contributed by atoms with Crippen molar-refractivity contribution in [2.24, 2.45) is 4.99 Å². The molecule has 1 heterocycles. The van der Waals surface area contributed by atoms with Gasteiger partial charge in [0.25, 0.3) is 0 Å². The molecule has 3 N–H and O–H groups in total. The molecule has 0 radical (unpaired) electrons. The highest BCUT2D eigenvalue weighted by Gasteiger charge is 2.14. The summed E-state index contributed by atoms with van der Waals surface area (Å²) in [5, 5.41) is 9.39. The van der Waals surface area contributed by atoms with E-state index in [1.807, 2.05) is 22.6 Å². The van der Waals surface area contributed by atoms with Gasteiger partial charge < -0.3 is 9.64 Å². The number of halogens is 1. The van der Waals surface area contributed by atoms with E-state index in [2.05, 4.69) is 10.4 Å². The lowest BCUT2D eigenvalue weighted by Crippen LogP contribution is -2.50. The predicted octanol–water partition coefficient (Wildman–Crippen LogP) is 1.14. The first-order chi connectivity index (χ1) is 8.79. The minimum atomic E-state index is 0.531. The van der Waals surface area contributed by atoms with E-state index < -0.39 is 0 Å². The van der Waals surface area contributed by atoms with Crippen molar-refractivity contribution in [3.8, 4) is 0 Å². The number of ether oxygens (including phenoxy) is 1. The lowest BCUT2D eigenvalue weighted by atomic mass is 10.3. The summed E-state index contributed by atoms with van der Waals surface area (Å²) in [6.07, 6.45) is 0. The topological polar surface area (TPSA) is 69.1 Å². The van der Waals surface area contributed by atoms with Gasteiger partial charge in [-0.25, -0.2) is 4.99 Å². The van der Waals surface area contributed by atoms with Gasteiger partial charge >= 0.3 is 0 Å². The summed E-state index contributed by atoms with van der Waals surface area (Å²) >= 11 is 5.90. The van der Waals surface area contributed by atoms with Crippen molar-refractivity contribution in [1.29, 1.82) is 0 Å². The van der Waals surface area contributed by atoms with Crippen LogP contribution in [0, 0.1) is 0 Å². The molecule has 0 aliphatic carbocycles. The molecule has 1 aromatic carbocycles. The first kappa shape index (κ1) is 13.1. The Labute approximate surface area is 110 Å². The molecule has 0 amide bonds. The van der Waals surface area contributed by atoms with E-state index in [9.17, 15) is 0 Å². The van der Waals surface area contributed by atoms with E-state index in [4.69, 9.17) is 21.5 Å². The SMILES string of the molecule is ONNC(=Nc1cccc(Cl)c1)N1CCOCC1. The summed E-state index contributed by atoms with van der Waals surface area (Å²) in [5.74, 6) is 0.531. The van der Waals surface area contributed by atoms with Crippen LogP contribution < -0.4 is 11.0 Å². The second kappa shape index (κ2) is 6.55. The lowest BCUT2D eigenvalue weighted by Gasteiger charge is -2.29. The van der Waals surface area contributed by atoms with Crippen LogP contribution in [0.1, 0.15) is 0 Å². The number of rotatable bonds is 2. The Morgan fingerprint density at radius 3 is 2.83 bits per heavy atom. The number of hydrogen-bond donors (Lipinski definition) is 3. The highest BCUT2D eigenvalue weighted by Crippen LogP contribution is 2.18. The van der Waals surface area contributed by atoms with Gasteiger partial charge in [-0.05, 0) is 18.2 Å². The Balaban J connectivity index is 2.17. The summed E-state index contributed by atoms with van der Waals surface area (Å²) in [5.41, 5.74) is 5.22. The molecule has 18 heavy (non-hydrogen) atoms. The molecule has 98 valence electrons. The zero-order valence-electron chi connectivity index (χ0n) is 9.77. The smallest absolute Gasteiger partial charge is 0.215 e. The van der Waals surface area contributed by atoms with E-state index in [0.717, 1.165) is 0 Å². The number of nitrogens with zero attached hydrogens (tertiary/aromatic N) is 2. The zero-order valence-corrected chi connectivity index (χ0v) is 10.5. The number of benzene rings is 1. The van der Waals surface area contributed by atoms with E-state index in [1.54, 1.807) is 12.1 Å². The molecule has 1 aliphatic rings. The average molecular weight is 271 g/mol. The second-order valence-corrected chi connectivity index (χ2v) is 4.19. The highest BCUT2D eigenvalue weighted by molar-refractivity contribution is 6.30. The largest absolute Gasteiger partial charge is 0.378 e. The molecular weight excluding hydrogens is 256 g/mol. The molecule has 6 nitrogen and oxygen atoms in total. The molecule has 0 bridgehead atoms.